The number of halogens is 1. The molecule has 3 rings (SSSR count). The summed E-state index contributed by atoms with van der Waals surface area (Å²) in [6, 6.07) is 8.05. The molecule has 0 spiro atoms. The Kier molecular flexibility index (Phi) is 5.13. The van der Waals surface area contributed by atoms with Gasteiger partial charge in [0.25, 0.3) is 0 Å². The summed E-state index contributed by atoms with van der Waals surface area (Å²) in [5.41, 5.74) is 1.10. The van der Waals surface area contributed by atoms with Crippen LogP contribution in [0.2, 0.25) is 5.15 Å². The Hall–Kier alpha value is -3.00. The largest absolute Gasteiger partial charge is 0.487 e. The van der Waals surface area contributed by atoms with Crippen molar-refractivity contribution in [2.45, 2.75) is 13.8 Å². The molecule has 1 N–H and O–H groups in total. The third-order valence-corrected chi connectivity index (χ3v) is 3.68. The van der Waals surface area contributed by atoms with Crippen LogP contribution in [0, 0.1) is 16.0 Å². The lowest BCUT2D eigenvalue weighted by molar-refractivity contribution is -0.385. The normalized spacial score (nSPS) is 10.9. The van der Waals surface area contributed by atoms with Crippen LogP contribution >= 0.6 is 11.6 Å². The molecule has 2 heterocycles. The van der Waals surface area contributed by atoms with E-state index in [2.05, 4.69) is 20.2 Å². The predicted octanol–water partition coefficient (Wildman–Crippen LogP) is 4.13. The van der Waals surface area contributed by atoms with E-state index < -0.39 is 4.92 Å². The van der Waals surface area contributed by atoms with E-state index in [-0.39, 0.29) is 17.4 Å². The predicted molar refractivity (Wildman–Crippen MR) is 97.0 cm³/mol. The maximum absolute atomic E-state index is 11.4. The Morgan fingerprint density at radius 3 is 2.77 bits per heavy atom. The highest BCUT2D eigenvalue weighted by molar-refractivity contribution is 6.29. The number of pyridine rings is 1. The van der Waals surface area contributed by atoms with E-state index in [4.69, 9.17) is 16.3 Å². The average molecular weight is 374 g/mol. The maximum atomic E-state index is 11.4. The lowest BCUT2D eigenvalue weighted by Crippen LogP contribution is -2.06. The molecule has 0 unspecified atom stereocenters. The Bertz CT molecular complexity index is 942. The standard InChI is InChI=1S/C17H16ClN5O3/c1-10(2)9-26-14-4-3-11(7-13(14)23(24)25)16-20-17(22-21-16)12-5-6-19-15(18)8-12/h3-8,10H,9H2,1-2H3,(H,20,21,22). The minimum Gasteiger partial charge on any atom is -0.487 e. The first-order valence-electron chi connectivity index (χ1n) is 7.90. The summed E-state index contributed by atoms with van der Waals surface area (Å²) in [5.74, 6) is 1.32. The fourth-order valence-corrected chi connectivity index (χ4v) is 2.42. The van der Waals surface area contributed by atoms with Gasteiger partial charge in [-0.2, -0.15) is 5.10 Å². The van der Waals surface area contributed by atoms with Crippen LogP contribution in [0.25, 0.3) is 22.8 Å². The first kappa shape index (κ1) is 17.8. The van der Waals surface area contributed by atoms with Crippen molar-refractivity contribution in [1.29, 1.82) is 0 Å². The summed E-state index contributed by atoms with van der Waals surface area (Å²) in [4.78, 5) is 19.2. The Morgan fingerprint density at radius 1 is 1.27 bits per heavy atom. The van der Waals surface area contributed by atoms with Gasteiger partial charge in [0.05, 0.1) is 11.5 Å². The lowest BCUT2D eigenvalue weighted by atomic mass is 10.1. The lowest BCUT2D eigenvalue weighted by Gasteiger charge is -2.09. The number of ether oxygens (including phenoxy) is 1. The van der Waals surface area contributed by atoms with Crippen LogP contribution in [0.4, 0.5) is 5.69 Å². The van der Waals surface area contributed by atoms with Crippen LogP contribution in [0.1, 0.15) is 13.8 Å². The van der Waals surface area contributed by atoms with E-state index in [1.165, 1.54) is 6.07 Å². The summed E-state index contributed by atoms with van der Waals surface area (Å²) in [5, 5.41) is 18.6. The van der Waals surface area contributed by atoms with E-state index in [1.54, 1.807) is 30.5 Å². The van der Waals surface area contributed by atoms with Gasteiger partial charge in [-0.25, -0.2) is 9.97 Å². The Balaban J connectivity index is 1.92. The molecule has 2 aromatic heterocycles. The topological polar surface area (TPSA) is 107 Å². The van der Waals surface area contributed by atoms with Crippen LogP contribution < -0.4 is 4.74 Å². The van der Waals surface area contributed by atoms with Gasteiger partial charge in [0, 0.05) is 23.4 Å². The number of aromatic nitrogens is 4. The van der Waals surface area contributed by atoms with Crippen LogP contribution in [0.15, 0.2) is 36.5 Å². The average Bonchev–Trinajstić information content (AvgIpc) is 3.10. The van der Waals surface area contributed by atoms with Crippen LogP contribution in [0.5, 0.6) is 5.75 Å². The Labute approximate surface area is 154 Å². The van der Waals surface area contributed by atoms with E-state index in [0.29, 0.717) is 29.0 Å². The molecule has 0 fully saturated rings. The van der Waals surface area contributed by atoms with Gasteiger partial charge in [0.15, 0.2) is 17.4 Å². The smallest absolute Gasteiger partial charge is 0.311 e. The zero-order chi connectivity index (χ0) is 18.7. The number of aromatic amines is 1. The summed E-state index contributed by atoms with van der Waals surface area (Å²) < 4.78 is 5.53. The molecule has 0 aliphatic rings. The van der Waals surface area contributed by atoms with Crippen molar-refractivity contribution in [2.75, 3.05) is 6.61 Å². The monoisotopic (exact) mass is 373 g/mol. The molecule has 0 amide bonds. The molecule has 9 heteroatoms. The maximum Gasteiger partial charge on any atom is 0.311 e. The minimum atomic E-state index is -0.477. The number of nitrogens with zero attached hydrogens (tertiary/aromatic N) is 4. The number of benzene rings is 1. The molecule has 0 radical (unpaired) electrons. The SMILES string of the molecule is CC(C)COc1ccc(-c2n[nH]c(-c3ccnc(Cl)c3)n2)cc1[N+](=O)[O-]. The molecule has 3 aromatic rings. The second kappa shape index (κ2) is 7.49. The van der Waals surface area contributed by atoms with Crippen molar-refractivity contribution in [3.8, 4) is 28.5 Å². The van der Waals surface area contributed by atoms with Gasteiger partial charge >= 0.3 is 5.69 Å². The third-order valence-electron chi connectivity index (χ3n) is 3.47. The van der Waals surface area contributed by atoms with Gasteiger partial charge in [-0.15, -0.1) is 0 Å². The van der Waals surface area contributed by atoms with Crippen molar-refractivity contribution < 1.29 is 9.66 Å². The van der Waals surface area contributed by atoms with Gasteiger partial charge in [0.2, 0.25) is 0 Å². The molecule has 0 aliphatic carbocycles. The number of hydrogen-bond donors (Lipinski definition) is 1. The third kappa shape index (κ3) is 3.97. The number of nitro groups is 1. The molecular weight excluding hydrogens is 358 g/mol. The zero-order valence-corrected chi connectivity index (χ0v) is 14.9. The van der Waals surface area contributed by atoms with Gasteiger partial charge in [-0.3, -0.25) is 15.2 Å². The van der Waals surface area contributed by atoms with E-state index >= 15 is 0 Å². The van der Waals surface area contributed by atoms with Crippen LogP contribution in [0.3, 0.4) is 0 Å². The first-order chi connectivity index (χ1) is 12.4. The summed E-state index contributed by atoms with van der Waals surface area (Å²) in [6.45, 7) is 4.34. The quantitative estimate of drug-likeness (QED) is 0.395. The zero-order valence-electron chi connectivity index (χ0n) is 14.1. The fourth-order valence-electron chi connectivity index (χ4n) is 2.25. The molecule has 0 bridgehead atoms. The summed E-state index contributed by atoms with van der Waals surface area (Å²) >= 11 is 5.88. The van der Waals surface area contributed by atoms with Crippen molar-refractivity contribution in [3.05, 3.63) is 51.8 Å². The molecule has 134 valence electrons. The Morgan fingerprint density at radius 2 is 2.08 bits per heavy atom. The highest BCUT2D eigenvalue weighted by Crippen LogP contribution is 2.32. The van der Waals surface area contributed by atoms with E-state index in [0.717, 1.165) is 5.56 Å². The van der Waals surface area contributed by atoms with Crippen molar-refractivity contribution in [2.24, 2.45) is 5.92 Å². The van der Waals surface area contributed by atoms with Gasteiger partial charge in [0.1, 0.15) is 5.15 Å². The highest BCUT2D eigenvalue weighted by atomic mass is 35.5. The van der Waals surface area contributed by atoms with Crippen LogP contribution in [-0.2, 0) is 0 Å². The fraction of sp³-hybridized carbons (Fsp3) is 0.235. The van der Waals surface area contributed by atoms with Crippen LogP contribution in [-0.4, -0.2) is 31.7 Å². The number of nitro benzene ring substituents is 1. The molecule has 0 saturated heterocycles. The van der Waals surface area contributed by atoms with Crippen molar-refractivity contribution in [3.63, 3.8) is 0 Å². The molecule has 8 nitrogen and oxygen atoms in total. The van der Waals surface area contributed by atoms with Gasteiger partial charge in [-0.1, -0.05) is 25.4 Å². The van der Waals surface area contributed by atoms with Crippen molar-refractivity contribution in [1.82, 2.24) is 20.2 Å². The van der Waals surface area contributed by atoms with Crippen molar-refractivity contribution >= 4 is 17.3 Å². The molecule has 26 heavy (non-hydrogen) atoms. The van der Waals surface area contributed by atoms with Gasteiger partial charge < -0.3 is 4.74 Å². The molecule has 0 saturated carbocycles. The molecule has 1 aromatic carbocycles. The number of hydrogen-bond acceptors (Lipinski definition) is 6. The number of H-pyrrole nitrogens is 1. The number of rotatable bonds is 6. The van der Waals surface area contributed by atoms with Gasteiger partial charge in [-0.05, 0) is 30.2 Å². The summed E-state index contributed by atoms with van der Waals surface area (Å²) in [7, 11) is 0. The van der Waals surface area contributed by atoms with E-state index in [1.807, 2.05) is 13.8 Å². The molecular formula is C17H16ClN5O3. The first-order valence-corrected chi connectivity index (χ1v) is 8.28. The second-order valence-electron chi connectivity index (χ2n) is 6.02. The number of nitrogens with one attached hydrogen (secondary N) is 1. The second-order valence-corrected chi connectivity index (χ2v) is 6.41. The summed E-state index contributed by atoms with van der Waals surface area (Å²) in [6.07, 6.45) is 1.56. The highest BCUT2D eigenvalue weighted by Gasteiger charge is 2.19. The van der Waals surface area contributed by atoms with E-state index in [9.17, 15) is 10.1 Å². The minimum absolute atomic E-state index is 0.124. The molecule has 0 aliphatic heterocycles. The molecule has 0 atom stereocenters.